The molecule has 0 radical (unpaired) electrons. The fourth-order valence-corrected chi connectivity index (χ4v) is 2.84. The second kappa shape index (κ2) is 7.99. The number of para-hydroxylation sites is 2. The summed E-state index contributed by atoms with van der Waals surface area (Å²) in [5.74, 6) is 0.508. The molecule has 23 heavy (non-hydrogen) atoms. The maximum atomic E-state index is 12.8. The van der Waals surface area contributed by atoms with Crippen LogP contribution in [0, 0.1) is 5.92 Å². The Kier molecular flexibility index (Phi) is 6.02. The van der Waals surface area contributed by atoms with Gasteiger partial charge in [0.2, 0.25) is 0 Å². The Bertz CT molecular complexity index is 648. The molecule has 0 aromatic heterocycles. The monoisotopic (exact) mass is 331 g/mol. The molecule has 1 atom stereocenters. The van der Waals surface area contributed by atoms with Crippen molar-refractivity contribution in [3.05, 3.63) is 60.2 Å². The number of rotatable bonds is 4. The average Bonchev–Trinajstić information content (AvgIpc) is 3.05. The van der Waals surface area contributed by atoms with Crippen LogP contribution in [0.25, 0.3) is 0 Å². The zero-order chi connectivity index (χ0) is 15.4. The smallest absolute Gasteiger partial charge is 0.255 e. The first-order chi connectivity index (χ1) is 10.8. The van der Waals surface area contributed by atoms with Crippen molar-refractivity contribution in [1.82, 2.24) is 4.90 Å². The van der Waals surface area contributed by atoms with Crippen LogP contribution in [0.15, 0.2) is 54.6 Å². The normalized spacial score (nSPS) is 16.7. The summed E-state index contributed by atoms with van der Waals surface area (Å²) >= 11 is 0. The highest BCUT2D eigenvalue weighted by Crippen LogP contribution is 2.24. The highest BCUT2D eigenvalue weighted by Gasteiger charge is 2.27. The molecule has 0 spiro atoms. The van der Waals surface area contributed by atoms with E-state index in [1.807, 2.05) is 59.5 Å². The molecule has 4 nitrogen and oxygen atoms in total. The largest absolute Gasteiger partial charge is 0.355 e. The zero-order valence-electron chi connectivity index (χ0n) is 12.9. The number of carbonyl (C=O) groups is 1. The van der Waals surface area contributed by atoms with Crippen molar-refractivity contribution < 1.29 is 4.79 Å². The lowest BCUT2D eigenvalue weighted by Gasteiger charge is -2.19. The lowest BCUT2D eigenvalue weighted by molar-refractivity contribution is 0.0788. The van der Waals surface area contributed by atoms with E-state index in [-0.39, 0.29) is 18.3 Å². The standard InChI is InChI=1S/C18H21N3O.ClH/c19-12-14-10-11-21(13-14)18(22)16-8-4-5-9-17(16)20-15-6-2-1-3-7-15;/h1-9,14,20H,10-13,19H2;1H. The Morgan fingerprint density at radius 3 is 2.52 bits per heavy atom. The first-order valence-corrected chi connectivity index (χ1v) is 7.68. The molecule has 122 valence electrons. The number of carbonyl (C=O) groups excluding carboxylic acids is 1. The topological polar surface area (TPSA) is 58.4 Å². The number of halogens is 1. The summed E-state index contributed by atoms with van der Waals surface area (Å²) in [6, 6.07) is 17.6. The summed E-state index contributed by atoms with van der Waals surface area (Å²) < 4.78 is 0. The third-order valence-electron chi connectivity index (χ3n) is 4.12. The van der Waals surface area contributed by atoms with E-state index in [4.69, 9.17) is 5.73 Å². The van der Waals surface area contributed by atoms with Crippen molar-refractivity contribution in [3.8, 4) is 0 Å². The maximum absolute atomic E-state index is 12.8. The maximum Gasteiger partial charge on any atom is 0.255 e. The van der Waals surface area contributed by atoms with Crippen LogP contribution in [0.3, 0.4) is 0 Å². The molecule has 2 aromatic carbocycles. The second-order valence-corrected chi connectivity index (χ2v) is 5.68. The Labute approximate surface area is 143 Å². The molecule has 3 rings (SSSR count). The van der Waals surface area contributed by atoms with Gasteiger partial charge in [0.25, 0.3) is 5.91 Å². The summed E-state index contributed by atoms with van der Waals surface area (Å²) in [6.07, 6.45) is 0.997. The first-order valence-electron chi connectivity index (χ1n) is 7.68. The van der Waals surface area contributed by atoms with Gasteiger partial charge in [0.15, 0.2) is 0 Å². The van der Waals surface area contributed by atoms with Gasteiger partial charge in [-0.1, -0.05) is 30.3 Å². The van der Waals surface area contributed by atoms with Crippen LogP contribution in [0.4, 0.5) is 11.4 Å². The van der Waals surface area contributed by atoms with E-state index in [9.17, 15) is 4.79 Å². The number of hydrogen-bond donors (Lipinski definition) is 2. The van der Waals surface area contributed by atoms with Crippen LogP contribution in [-0.4, -0.2) is 30.4 Å². The van der Waals surface area contributed by atoms with Gasteiger partial charge in [-0.25, -0.2) is 0 Å². The van der Waals surface area contributed by atoms with E-state index < -0.39 is 0 Å². The summed E-state index contributed by atoms with van der Waals surface area (Å²) in [5.41, 5.74) is 8.25. The second-order valence-electron chi connectivity index (χ2n) is 5.68. The van der Waals surface area contributed by atoms with Crippen LogP contribution in [0.5, 0.6) is 0 Å². The van der Waals surface area contributed by atoms with E-state index in [1.165, 1.54) is 0 Å². The minimum absolute atomic E-state index is 0. The number of nitrogens with two attached hydrogens (primary N) is 1. The van der Waals surface area contributed by atoms with Crippen molar-refractivity contribution in [3.63, 3.8) is 0 Å². The highest BCUT2D eigenvalue weighted by atomic mass is 35.5. The van der Waals surface area contributed by atoms with Crippen LogP contribution in [0.2, 0.25) is 0 Å². The van der Waals surface area contributed by atoms with E-state index in [2.05, 4.69) is 5.32 Å². The molecule has 0 bridgehead atoms. The number of nitrogens with zero attached hydrogens (tertiary/aromatic N) is 1. The van der Waals surface area contributed by atoms with Gasteiger partial charge in [-0.2, -0.15) is 0 Å². The molecule has 1 aliphatic rings. The van der Waals surface area contributed by atoms with Crippen LogP contribution >= 0.6 is 12.4 Å². The predicted molar refractivity (Wildman–Crippen MR) is 96.5 cm³/mol. The molecule has 5 heteroatoms. The Balaban J connectivity index is 0.00000192. The van der Waals surface area contributed by atoms with E-state index in [0.29, 0.717) is 18.0 Å². The Morgan fingerprint density at radius 2 is 1.83 bits per heavy atom. The number of anilines is 2. The van der Waals surface area contributed by atoms with Gasteiger partial charge in [-0.3, -0.25) is 4.79 Å². The molecule has 0 aliphatic carbocycles. The number of nitrogens with one attached hydrogen (secondary N) is 1. The Morgan fingerprint density at radius 1 is 1.13 bits per heavy atom. The molecule has 0 saturated carbocycles. The van der Waals surface area contributed by atoms with Crippen molar-refractivity contribution in [1.29, 1.82) is 0 Å². The van der Waals surface area contributed by atoms with Gasteiger partial charge in [-0.15, -0.1) is 12.4 Å². The predicted octanol–water partition coefficient (Wildman–Crippen LogP) is 3.27. The number of amides is 1. The number of benzene rings is 2. The molecule has 1 aliphatic heterocycles. The van der Waals surface area contributed by atoms with Gasteiger partial charge in [0.1, 0.15) is 0 Å². The summed E-state index contributed by atoms with van der Waals surface area (Å²) in [6.45, 7) is 2.20. The molecule has 1 saturated heterocycles. The lowest BCUT2D eigenvalue weighted by atomic mass is 10.1. The molecule has 3 N–H and O–H groups in total. The van der Waals surface area contributed by atoms with Gasteiger partial charge >= 0.3 is 0 Å². The average molecular weight is 332 g/mol. The molecule has 1 amide bonds. The quantitative estimate of drug-likeness (QED) is 0.904. The lowest BCUT2D eigenvalue weighted by Crippen LogP contribution is -2.30. The van der Waals surface area contributed by atoms with Gasteiger partial charge in [-0.05, 0) is 43.1 Å². The van der Waals surface area contributed by atoms with Gasteiger partial charge in [0.05, 0.1) is 11.3 Å². The minimum Gasteiger partial charge on any atom is -0.355 e. The van der Waals surface area contributed by atoms with Crippen LogP contribution in [0.1, 0.15) is 16.8 Å². The highest BCUT2D eigenvalue weighted by molar-refractivity contribution is 6.00. The SMILES string of the molecule is Cl.NCC1CCN(C(=O)c2ccccc2Nc2ccccc2)C1. The van der Waals surface area contributed by atoms with Crippen LogP contribution in [-0.2, 0) is 0 Å². The summed E-state index contributed by atoms with van der Waals surface area (Å²) in [5, 5.41) is 3.33. The van der Waals surface area contributed by atoms with Crippen molar-refractivity contribution in [2.75, 3.05) is 25.0 Å². The molecule has 1 unspecified atom stereocenters. The van der Waals surface area contributed by atoms with E-state index in [0.717, 1.165) is 30.9 Å². The third-order valence-corrected chi connectivity index (χ3v) is 4.12. The van der Waals surface area contributed by atoms with E-state index >= 15 is 0 Å². The fourth-order valence-electron chi connectivity index (χ4n) is 2.84. The van der Waals surface area contributed by atoms with Crippen molar-refractivity contribution in [2.24, 2.45) is 11.7 Å². The fraction of sp³-hybridized carbons (Fsp3) is 0.278. The number of likely N-dealkylation sites (tertiary alicyclic amines) is 1. The molecule has 1 fully saturated rings. The van der Waals surface area contributed by atoms with Crippen molar-refractivity contribution >= 4 is 29.7 Å². The van der Waals surface area contributed by atoms with Gasteiger partial charge in [0, 0.05) is 18.8 Å². The summed E-state index contributed by atoms with van der Waals surface area (Å²) in [7, 11) is 0. The first kappa shape index (κ1) is 17.3. The van der Waals surface area contributed by atoms with Gasteiger partial charge < -0.3 is 16.0 Å². The molecule has 1 heterocycles. The van der Waals surface area contributed by atoms with E-state index in [1.54, 1.807) is 0 Å². The zero-order valence-corrected chi connectivity index (χ0v) is 13.8. The minimum atomic E-state index is 0. The number of hydrogen-bond acceptors (Lipinski definition) is 3. The van der Waals surface area contributed by atoms with Crippen LogP contribution < -0.4 is 11.1 Å². The third kappa shape index (κ3) is 4.03. The summed E-state index contributed by atoms with van der Waals surface area (Å²) in [4.78, 5) is 14.7. The Hall–Kier alpha value is -2.04. The van der Waals surface area contributed by atoms with Crippen molar-refractivity contribution in [2.45, 2.75) is 6.42 Å². The molecule has 2 aromatic rings. The molecular weight excluding hydrogens is 310 g/mol. The molecular formula is C18H22ClN3O.